The van der Waals surface area contributed by atoms with E-state index < -0.39 is 0 Å². The van der Waals surface area contributed by atoms with E-state index in [2.05, 4.69) is 40.5 Å². The van der Waals surface area contributed by atoms with E-state index in [1.807, 2.05) is 0 Å². The molecule has 0 aliphatic carbocycles. The third kappa shape index (κ3) is 5.48. The third-order valence-corrected chi connectivity index (χ3v) is 4.19. The summed E-state index contributed by atoms with van der Waals surface area (Å²) >= 11 is 0. The van der Waals surface area contributed by atoms with Gasteiger partial charge in [-0.1, -0.05) is 30.3 Å². The Morgan fingerprint density at radius 2 is 1.90 bits per heavy atom. The molecule has 4 heteroatoms. The number of likely N-dealkylation sites (N-methyl/N-ethyl adjacent to an activating group) is 1. The predicted octanol–water partition coefficient (Wildman–Crippen LogP) is 1.37. The number of hydrogen-bond donors (Lipinski definition) is 1. The van der Waals surface area contributed by atoms with Crippen LogP contribution in [0.5, 0.6) is 0 Å². The Morgan fingerprint density at radius 1 is 1.24 bits per heavy atom. The fourth-order valence-electron chi connectivity index (χ4n) is 2.68. The number of carbonyl (C=O) groups is 1. The van der Waals surface area contributed by atoms with Gasteiger partial charge in [0.15, 0.2) is 0 Å². The smallest absolute Gasteiger partial charge is 0.236 e. The molecule has 2 rings (SSSR count). The Labute approximate surface area is 128 Å². The molecule has 0 spiro atoms. The lowest BCUT2D eigenvalue weighted by molar-refractivity contribution is -0.127. The Bertz CT molecular complexity index is 425. The highest BCUT2D eigenvalue weighted by Gasteiger charge is 2.19. The van der Waals surface area contributed by atoms with Gasteiger partial charge in [-0.25, -0.2) is 0 Å². The molecule has 0 saturated carbocycles. The van der Waals surface area contributed by atoms with Gasteiger partial charge in [0.1, 0.15) is 0 Å². The van der Waals surface area contributed by atoms with Crippen molar-refractivity contribution < 1.29 is 4.79 Å². The van der Waals surface area contributed by atoms with Gasteiger partial charge in [0.05, 0.1) is 6.54 Å². The SMILES string of the molecule is CN(C)C(=O)CNC1CCN(CCc2ccccc2)CC1. The van der Waals surface area contributed by atoms with Gasteiger partial charge in [0.2, 0.25) is 5.91 Å². The summed E-state index contributed by atoms with van der Waals surface area (Å²) in [6, 6.07) is 11.2. The fourth-order valence-corrected chi connectivity index (χ4v) is 2.68. The van der Waals surface area contributed by atoms with Gasteiger partial charge < -0.3 is 15.1 Å². The normalized spacial score (nSPS) is 16.9. The quantitative estimate of drug-likeness (QED) is 0.859. The zero-order valence-electron chi connectivity index (χ0n) is 13.2. The van der Waals surface area contributed by atoms with Gasteiger partial charge in [-0.05, 0) is 37.9 Å². The fraction of sp³-hybridized carbons (Fsp3) is 0.588. The van der Waals surface area contributed by atoms with Gasteiger partial charge in [-0.2, -0.15) is 0 Å². The summed E-state index contributed by atoms with van der Waals surface area (Å²) in [4.78, 5) is 15.7. The Hall–Kier alpha value is -1.39. The van der Waals surface area contributed by atoms with Crippen LogP contribution < -0.4 is 5.32 Å². The molecule has 1 fully saturated rings. The summed E-state index contributed by atoms with van der Waals surface area (Å²) in [5, 5.41) is 3.38. The van der Waals surface area contributed by atoms with Crippen LogP contribution in [0.25, 0.3) is 0 Å². The molecule has 1 aliphatic heterocycles. The van der Waals surface area contributed by atoms with E-state index in [9.17, 15) is 4.79 Å². The first-order valence-corrected chi connectivity index (χ1v) is 7.85. The van der Waals surface area contributed by atoms with Crippen molar-refractivity contribution in [2.24, 2.45) is 0 Å². The second kappa shape index (κ2) is 8.15. The summed E-state index contributed by atoms with van der Waals surface area (Å²) in [5.74, 6) is 0.154. The van der Waals surface area contributed by atoms with Gasteiger partial charge in [-0.3, -0.25) is 4.79 Å². The first kappa shape index (κ1) is 16.0. The maximum atomic E-state index is 11.6. The molecule has 1 aromatic carbocycles. The van der Waals surface area contributed by atoms with Crippen LogP contribution in [0.15, 0.2) is 30.3 Å². The van der Waals surface area contributed by atoms with Crippen LogP contribution in [0.2, 0.25) is 0 Å². The average molecular weight is 289 g/mol. The van der Waals surface area contributed by atoms with E-state index in [1.54, 1.807) is 19.0 Å². The van der Waals surface area contributed by atoms with Crippen LogP contribution in [0.1, 0.15) is 18.4 Å². The molecule has 0 radical (unpaired) electrons. The van der Waals surface area contributed by atoms with Gasteiger partial charge in [-0.15, -0.1) is 0 Å². The highest BCUT2D eigenvalue weighted by Crippen LogP contribution is 2.11. The summed E-state index contributed by atoms with van der Waals surface area (Å²) < 4.78 is 0. The number of carbonyl (C=O) groups excluding carboxylic acids is 1. The molecule has 1 amide bonds. The third-order valence-electron chi connectivity index (χ3n) is 4.19. The maximum Gasteiger partial charge on any atom is 0.236 e. The largest absolute Gasteiger partial charge is 0.348 e. The predicted molar refractivity (Wildman–Crippen MR) is 86.3 cm³/mol. The van der Waals surface area contributed by atoms with E-state index in [0.717, 1.165) is 38.9 Å². The summed E-state index contributed by atoms with van der Waals surface area (Å²) in [7, 11) is 3.60. The van der Waals surface area contributed by atoms with Crippen LogP contribution in [0.3, 0.4) is 0 Å². The Kier molecular flexibility index (Phi) is 6.21. The minimum Gasteiger partial charge on any atom is -0.348 e. The summed E-state index contributed by atoms with van der Waals surface area (Å²) in [5.41, 5.74) is 1.41. The molecule has 21 heavy (non-hydrogen) atoms. The van der Waals surface area contributed by atoms with Crippen molar-refractivity contribution in [1.82, 2.24) is 15.1 Å². The van der Waals surface area contributed by atoms with Crippen LogP contribution in [-0.2, 0) is 11.2 Å². The van der Waals surface area contributed by atoms with E-state index >= 15 is 0 Å². The van der Waals surface area contributed by atoms with Gasteiger partial charge in [0, 0.05) is 26.7 Å². The number of benzene rings is 1. The monoisotopic (exact) mass is 289 g/mol. The van der Waals surface area contributed by atoms with Gasteiger partial charge in [0.25, 0.3) is 0 Å². The minimum atomic E-state index is 0.154. The molecule has 1 aliphatic rings. The molecule has 1 aromatic rings. The van der Waals surface area contributed by atoms with Crippen molar-refractivity contribution in [3.05, 3.63) is 35.9 Å². The standard InChI is InChI=1S/C17H27N3O/c1-19(2)17(21)14-18-16-9-12-20(13-10-16)11-8-15-6-4-3-5-7-15/h3-7,16,18H,8-14H2,1-2H3. The van der Waals surface area contributed by atoms with Crippen molar-refractivity contribution in [2.75, 3.05) is 40.3 Å². The average Bonchev–Trinajstić information content (AvgIpc) is 2.52. The minimum absolute atomic E-state index is 0.154. The summed E-state index contributed by atoms with van der Waals surface area (Å²) in [6.07, 6.45) is 3.39. The van der Waals surface area contributed by atoms with Crippen molar-refractivity contribution in [1.29, 1.82) is 0 Å². The molecular formula is C17H27N3O. The number of amides is 1. The second-order valence-electron chi connectivity index (χ2n) is 6.02. The number of rotatable bonds is 6. The van der Waals surface area contributed by atoms with Crippen LogP contribution >= 0.6 is 0 Å². The topological polar surface area (TPSA) is 35.6 Å². The number of hydrogen-bond acceptors (Lipinski definition) is 3. The lowest BCUT2D eigenvalue weighted by Gasteiger charge is -2.32. The van der Waals surface area contributed by atoms with Crippen molar-refractivity contribution >= 4 is 5.91 Å². The lowest BCUT2D eigenvalue weighted by Crippen LogP contribution is -2.45. The van der Waals surface area contributed by atoms with Crippen LogP contribution in [0.4, 0.5) is 0 Å². The van der Waals surface area contributed by atoms with E-state index in [1.165, 1.54) is 5.56 Å². The Morgan fingerprint density at radius 3 is 2.52 bits per heavy atom. The first-order valence-electron chi connectivity index (χ1n) is 7.85. The lowest BCUT2D eigenvalue weighted by atomic mass is 10.0. The summed E-state index contributed by atoms with van der Waals surface area (Å²) in [6.45, 7) is 3.84. The zero-order valence-corrected chi connectivity index (χ0v) is 13.2. The number of likely N-dealkylation sites (tertiary alicyclic amines) is 1. The Balaban J connectivity index is 1.63. The molecule has 1 N–H and O–H groups in total. The maximum absolute atomic E-state index is 11.6. The van der Waals surface area contributed by atoms with Crippen molar-refractivity contribution in [3.8, 4) is 0 Å². The molecule has 116 valence electrons. The van der Waals surface area contributed by atoms with E-state index in [-0.39, 0.29) is 5.91 Å². The zero-order chi connectivity index (χ0) is 15.1. The molecule has 0 atom stereocenters. The van der Waals surface area contributed by atoms with Crippen molar-refractivity contribution in [3.63, 3.8) is 0 Å². The second-order valence-corrected chi connectivity index (χ2v) is 6.02. The molecule has 4 nitrogen and oxygen atoms in total. The molecule has 0 bridgehead atoms. The highest BCUT2D eigenvalue weighted by atomic mass is 16.2. The molecule has 1 heterocycles. The first-order chi connectivity index (χ1) is 10.1. The van der Waals surface area contributed by atoms with E-state index in [0.29, 0.717) is 12.6 Å². The van der Waals surface area contributed by atoms with Crippen LogP contribution in [-0.4, -0.2) is 62.0 Å². The molecule has 0 aromatic heterocycles. The number of nitrogens with one attached hydrogen (secondary N) is 1. The van der Waals surface area contributed by atoms with E-state index in [4.69, 9.17) is 0 Å². The highest BCUT2D eigenvalue weighted by molar-refractivity contribution is 5.77. The number of nitrogens with zero attached hydrogens (tertiary/aromatic N) is 2. The van der Waals surface area contributed by atoms with Gasteiger partial charge >= 0.3 is 0 Å². The molecular weight excluding hydrogens is 262 g/mol. The van der Waals surface area contributed by atoms with Crippen LogP contribution in [0, 0.1) is 0 Å². The molecule has 0 unspecified atom stereocenters. The number of piperidine rings is 1. The van der Waals surface area contributed by atoms with Crippen molar-refractivity contribution in [2.45, 2.75) is 25.3 Å². The molecule has 1 saturated heterocycles.